The molecule has 8 heteroatoms. The lowest BCUT2D eigenvalue weighted by atomic mass is 10.1. The summed E-state index contributed by atoms with van der Waals surface area (Å²) in [6.45, 7) is 6.45. The first kappa shape index (κ1) is 21.3. The quantitative estimate of drug-likeness (QED) is 0.404. The third-order valence-electron chi connectivity index (χ3n) is 3.98. The topological polar surface area (TPSA) is 93.5 Å². The van der Waals surface area contributed by atoms with Crippen molar-refractivity contribution in [3.8, 4) is 5.75 Å². The van der Waals surface area contributed by atoms with Crippen LogP contribution in [0.4, 0.5) is 11.4 Å². The summed E-state index contributed by atoms with van der Waals surface area (Å²) >= 11 is 5.20. The molecule has 0 saturated heterocycles. The Bertz CT molecular complexity index is 884. The number of nitrogens with one attached hydrogen (secondary N) is 2. The fourth-order valence-corrected chi connectivity index (χ4v) is 2.61. The average molecular weight is 401 g/mol. The molecule has 0 spiro atoms. The highest BCUT2D eigenvalue weighted by atomic mass is 32.1. The molecule has 2 aromatic rings. The second-order valence-corrected chi connectivity index (χ2v) is 7.10. The molecule has 2 rings (SSSR count). The zero-order valence-electron chi connectivity index (χ0n) is 16.0. The number of carbonyl (C=O) groups is 1. The fraction of sp³-hybridized carbons (Fsp3) is 0.300. The summed E-state index contributed by atoms with van der Waals surface area (Å²) < 4.78 is 5.74. The molecular formula is C20H23N3O4S. The number of hydrogen-bond donors (Lipinski definition) is 2. The van der Waals surface area contributed by atoms with Crippen LogP contribution in [0, 0.1) is 23.0 Å². The maximum Gasteiger partial charge on any atom is 0.269 e. The summed E-state index contributed by atoms with van der Waals surface area (Å²) in [5.41, 5.74) is 1.60. The smallest absolute Gasteiger partial charge is 0.269 e. The van der Waals surface area contributed by atoms with Gasteiger partial charge < -0.3 is 10.1 Å². The Balaban J connectivity index is 2.03. The Morgan fingerprint density at radius 2 is 1.96 bits per heavy atom. The van der Waals surface area contributed by atoms with E-state index < -0.39 is 10.8 Å². The first-order valence-electron chi connectivity index (χ1n) is 8.87. The third kappa shape index (κ3) is 6.02. The predicted molar refractivity (Wildman–Crippen MR) is 113 cm³/mol. The molecule has 1 amide bonds. The number of carbonyl (C=O) groups excluding carboxylic acids is 1. The van der Waals surface area contributed by atoms with Gasteiger partial charge in [0, 0.05) is 17.8 Å². The molecular weight excluding hydrogens is 378 g/mol. The minimum atomic E-state index is -0.465. The summed E-state index contributed by atoms with van der Waals surface area (Å²) in [4.78, 5) is 22.9. The van der Waals surface area contributed by atoms with Crippen molar-refractivity contribution < 1.29 is 14.5 Å². The molecule has 0 aromatic heterocycles. The molecule has 0 unspecified atom stereocenters. The van der Waals surface area contributed by atoms with Gasteiger partial charge in [0.1, 0.15) is 5.75 Å². The average Bonchev–Trinajstić information content (AvgIpc) is 2.63. The summed E-state index contributed by atoms with van der Waals surface area (Å²) in [5.74, 6) is 0.606. The van der Waals surface area contributed by atoms with Crippen molar-refractivity contribution in [1.82, 2.24) is 5.32 Å². The lowest BCUT2D eigenvalue weighted by molar-refractivity contribution is -0.384. The van der Waals surface area contributed by atoms with Gasteiger partial charge in [-0.3, -0.25) is 20.2 Å². The molecule has 0 atom stereocenters. The van der Waals surface area contributed by atoms with Gasteiger partial charge in [-0.1, -0.05) is 26.0 Å². The second-order valence-electron chi connectivity index (χ2n) is 6.69. The van der Waals surface area contributed by atoms with Gasteiger partial charge in [-0.05, 0) is 55.2 Å². The maximum atomic E-state index is 12.6. The molecule has 0 fully saturated rings. The van der Waals surface area contributed by atoms with Crippen LogP contribution in [0.25, 0.3) is 0 Å². The van der Waals surface area contributed by atoms with E-state index in [4.69, 9.17) is 17.0 Å². The molecule has 28 heavy (non-hydrogen) atoms. The molecule has 0 aliphatic heterocycles. The van der Waals surface area contributed by atoms with Crippen LogP contribution in [0.15, 0.2) is 42.5 Å². The molecule has 0 aliphatic carbocycles. The minimum Gasteiger partial charge on any atom is -0.493 e. The van der Waals surface area contributed by atoms with Crippen molar-refractivity contribution in [2.75, 3.05) is 11.9 Å². The zero-order chi connectivity index (χ0) is 20.7. The monoisotopic (exact) mass is 401 g/mol. The molecule has 0 heterocycles. The molecule has 0 saturated carbocycles. The highest BCUT2D eigenvalue weighted by Gasteiger charge is 2.15. The minimum absolute atomic E-state index is 0.00882. The van der Waals surface area contributed by atoms with Crippen LogP contribution >= 0.6 is 12.2 Å². The number of ether oxygens (including phenoxy) is 1. The van der Waals surface area contributed by atoms with Gasteiger partial charge in [0.05, 0.1) is 17.1 Å². The molecule has 2 N–H and O–H groups in total. The summed E-state index contributed by atoms with van der Waals surface area (Å²) in [6, 6.07) is 11.3. The standard InChI is InChI=1S/C20H23N3O4S/c1-13(2)10-11-27-18-7-5-4-6-16(18)19(24)22-20(28)21-17-9-8-15(23(25)26)12-14(17)3/h4-9,12-13H,10-11H2,1-3H3,(H2,21,22,24,28). The number of anilines is 1. The lowest BCUT2D eigenvalue weighted by Gasteiger charge is -2.14. The van der Waals surface area contributed by atoms with Gasteiger partial charge in [0.25, 0.3) is 11.6 Å². The molecule has 0 bridgehead atoms. The van der Waals surface area contributed by atoms with E-state index in [1.165, 1.54) is 12.1 Å². The highest BCUT2D eigenvalue weighted by molar-refractivity contribution is 7.80. The number of nitro groups is 1. The molecule has 2 aromatic carbocycles. The number of nitrogens with zero attached hydrogens (tertiary/aromatic N) is 1. The van der Waals surface area contributed by atoms with Crippen molar-refractivity contribution in [2.45, 2.75) is 27.2 Å². The Kier molecular flexibility index (Phi) is 7.45. The summed E-state index contributed by atoms with van der Waals surface area (Å²) in [6.07, 6.45) is 0.884. The van der Waals surface area contributed by atoms with Crippen molar-refractivity contribution in [3.05, 3.63) is 63.7 Å². The van der Waals surface area contributed by atoms with E-state index in [0.717, 1.165) is 6.42 Å². The Morgan fingerprint density at radius 3 is 2.61 bits per heavy atom. The van der Waals surface area contributed by atoms with E-state index in [1.54, 1.807) is 37.3 Å². The van der Waals surface area contributed by atoms with E-state index in [2.05, 4.69) is 24.5 Å². The predicted octanol–water partition coefficient (Wildman–Crippen LogP) is 4.45. The van der Waals surface area contributed by atoms with Crippen LogP contribution in [0.2, 0.25) is 0 Å². The number of benzene rings is 2. The van der Waals surface area contributed by atoms with E-state index in [9.17, 15) is 14.9 Å². The largest absolute Gasteiger partial charge is 0.493 e. The van der Waals surface area contributed by atoms with Crippen LogP contribution in [-0.4, -0.2) is 22.5 Å². The van der Waals surface area contributed by atoms with Gasteiger partial charge in [-0.15, -0.1) is 0 Å². The number of aryl methyl sites for hydroxylation is 1. The first-order valence-corrected chi connectivity index (χ1v) is 9.28. The van der Waals surface area contributed by atoms with Crippen molar-refractivity contribution in [3.63, 3.8) is 0 Å². The van der Waals surface area contributed by atoms with Crippen LogP contribution in [-0.2, 0) is 0 Å². The van der Waals surface area contributed by atoms with Gasteiger partial charge in [0.2, 0.25) is 0 Å². The summed E-state index contributed by atoms with van der Waals surface area (Å²) in [5, 5.41) is 16.4. The Hall–Kier alpha value is -3.00. The van der Waals surface area contributed by atoms with Crippen LogP contribution in [0.5, 0.6) is 5.75 Å². The van der Waals surface area contributed by atoms with E-state index in [0.29, 0.717) is 35.1 Å². The number of para-hydroxylation sites is 1. The van der Waals surface area contributed by atoms with Crippen molar-refractivity contribution in [2.24, 2.45) is 5.92 Å². The van der Waals surface area contributed by atoms with Gasteiger partial charge in [-0.2, -0.15) is 0 Å². The van der Waals surface area contributed by atoms with Gasteiger partial charge in [-0.25, -0.2) is 0 Å². The number of thiocarbonyl (C=S) groups is 1. The fourth-order valence-electron chi connectivity index (χ4n) is 2.41. The second kappa shape index (κ2) is 9.80. The van der Waals surface area contributed by atoms with Gasteiger partial charge in [0.15, 0.2) is 5.11 Å². The number of hydrogen-bond acceptors (Lipinski definition) is 5. The van der Waals surface area contributed by atoms with Crippen LogP contribution < -0.4 is 15.4 Å². The molecule has 0 aliphatic rings. The van der Waals surface area contributed by atoms with Crippen LogP contribution in [0.3, 0.4) is 0 Å². The zero-order valence-corrected chi connectivity index (χ0v) is 16.8. The van der Waals surface area contributed by atoms with Crippen molar-refractivity contribution >= 4 is 34.6 Å². The van der Waals surface area contributed by atoms with E-state index in [1.807, 2.05) is 0 Å². The normalized spacial score (nSPS) is 10.4. The number of rotatable bonds is 7. The number of non-ortho nitro benzene ring substituents is 1. The SMILES string of the molecule is Cc1cc([N+](=O)[O-])ccc1NC(=S)NC(=O)c1ccccc1OCCC(C)C. The lowest BCUT2D eigenvalue weighted by Crippen LogP contribution is -2.34. The first-order chi connectivity index (χ1) is 13.3. The van der Waals surface area contributed by atoms with Crippen LogP contribution in [0.1, 0.15) is 36.2 Å². The third-order valence-corrected chi connectivity index (χ3v) is 4.18. The van der Waals surface area contributed by atoms with E-state index in [-0.39, 0.29) is 10.8 Å². The van der Waals surface area contributed by atoms with Gasteiger partial charge >= 0.3 is 0 Å². The molecule has 7 nitrogen and oxygen atoms in total. The Labute approximate surface area is 169 Å². The molecule has 0 radical (unpaired) electrons. The summed E-state index contributed by atoms with van der Waals surface area (Å²) in [7, 11) is 0. The number of nitro benzene ring substituents is 1. The maximum absolute atomic E-state index is 12.6. The Morgan fingerprint density at radius 1 is 1.25 bits per heavy atom. The molecule has 148 valence electrons. The van der Waals surface area contributed by atoms with E-state index >= 15 is 0 Å². The number of amides is 1. The highest BCUT2D eigenvalue weighted by Crippen LogP contribution is 2.22. The van der Waals surface area contributed by atoms with Crippen molar-refractivity contribution in [1.29, 1.82) is 0 Å².